The van der Waals surface area contributed by atoms with Gasteiger partial charge in [0.05, 0.1) is 18.8 Å². The molecule has 0 radical (unpaired) electrons. The highest BCUT2D eigenvalue weighted by atomic mass is 16.5. The Kier molecular flexibility index (Phi) is 6.45. The van der Waals surface area contributed by atoms with Crippen LogP contribution in [-0.4, -0.2) is 44.1 Å². The third kappa shape index (κ3) is 6.25. The van der Waals surface area contributed by atoms with Crippen molar-refractivity contribution in [1.29, 1.82) is 0 Å². The van der Waals surface area contributed by atoms with E-state index in [1.165, 1.54) is 0 Å². The van der Waals surface area contributed by atoms with E-state index in [2.05, 4.69) is 5.32 Å². The molecule has 11 heavy (non-hydrogen) atoms. The predicted octanol–water partition coefficient (Wildman–Crippen LogP) is -1.07. The van der Waals surface area contributed by atoms with Crippen LogP contribution in [0.1, 0.15) is 6.92 Å². The van der Waals surface area contributed by atoms with E-state index < -0.39 is 6.10 Å². The van der Waals surface area contributed by atoms with Crippen molar-refractivity contribution in [1.82, 2.24) is 5.32 Å². The highest BCUT2D eigenvalue weighted by Gasteiger charge is 2.04. The molecule has 0 aliphatic rings. The van der Waals surface area contributed by atoms with Gasteiger partial charge in [0.1, 0.15) is 0 Å². The number of rotatable bonds is 6. The summed E-state index contributed by atoms with van der Waals surface area (Å²) in [7, 11) is 1.79. The highest BCUT2D eigenvalue weighted by molar-refractivity contribution is 4.57. The molecule has 2 unspecified atom stereocenters. The monoisotopic (exact) mass is 162 g/mol. The molecule has 0 aliphatic carbocycles. The summed E-state index contributed by atoms with van der Waals surface area (Å²) in [5.74, 6) is 0. The molecule has 0 fully saturated rings. The third-order valence-corrected chi connectivity index (χ3v) is 1.34. The van der Waals surface area contributed by atoms with Crippen molar-refractivity contribution in [3.05, 3.63) is 0 Å². The fraction of sp³-hybridized carbons (Fsp3) is 1.00. The van der Waals surface area contributed by atoms with Crippen molar-refractivity contribution < 1.29 is 9.84 Å². The summed E-state index contributed by atoms with van der Waals surface area (Å²) in [4.78, 5) is 0. The van der Waals surface area contributed by atoms with Crippen molar-refractivity contribution in [2.75, 3.05) is 26.7 Å². The molecule has 4 heteroatoms. The van der Waals surface area contributed by atoms with Crippen molar-refractivity contribution in [2.24, 2.45) is 5.73 Å². The molecule has 0 aromatic heterocycles. The van der Waals surface area contributed by atoms with Gasteiger partial charge in [0, 0.05) is 13.1 Å². The zero-order chi connectivity index (χ0) is 8.69. The summed E-state index contributed by atoms with van der Waals surface area (Å²) >= 11 is 0. The number of nitrogens with one attached hydrogen (secondary N) is 1. The average Bonchev–Trinajstić information content (AvgIpc) is 2.01. The Morgan fingerprint density at radius 3 is 2.73 bits per heavy atom. The van der Waals surface area contributed by atoms with E-state index in [0.29, 0.717) is 19.7 Å². The number of ether oxygens (including phenoxy) is 1. The summed E-state index contributed by atoms with van der Waals surface area (Å²) in [5.41, 5.74) is 5.31. The van der Waals surface area contributed by atoms with Gasteiger partial charge in [-0.1, -0.05) is 0 Å². The molecule has 0 rings (SSSR count). The molecule has 0 spiro atoms. The standard InChI is InChI=1S/C7H18N2O2/c1-6(3-8)11-5-7(10)4-9-2/h6-7,9-10H,3-5,8H2,1-2H3. The van der Waals surface area contributed by atoms with Crippen molar-refractivity contribution >= 4 is 0 Å². The lowest BCUT2D eigenvalue weighted by atomic mass is 10.3. The zero-order valence-corrected chi connectivity index (χ0v) is 7.21. The SMILES string of the molecule is CNCC(O)COC(C)CN. The molecule has 68 valence electrons. The van der Waals surface area contributed by atoms with Crippen molar-refractivity contribution in [2.45, 2.75) is 19.1 Å². The molecule has 4 nitrogen and oxygen atoms in total. The molecular formula is C7H18N2O2. The van der Waals surface area contributed by atoms with Crippen LogP contribution >= 0.6 is 0 Å². The molecule has 0 saturated heterocycles. The first-order valence-electron chi connectivity index (χ1n) is 3.85. The van der Waals surface area contributed by atoms with Crippen LogP contribution in [-0.2, 0) is 4.74 Å². The van der Waals surface area contributed by atoms with Crippen LogP contribution in [0.4, 0.5) is 0 Å². The first-order chi connectivity index (χ1) is 5.20. The number of aliphatic hydroxyl groups is 1. The molecule has 0 amide bonds. The van der Waals surface area contributed by atoms with Gasteiger partial charge in [0.15, 0.2) is 0 Å². The van der Waals surface area contributed by atoms with Gasteiger partial charge in [0.25, 0.3) is 0 Å². The minimum atomic E-state index is -0.436. The van der Waals surface area contributed by atoms with Gasteiger partial charge < -0.3 is 20.9 Å². The minimum absolute atomic E-state index is 0.0292. The van der Waals surface area contributed by atoms with E-state index in [9.17, 15) is 0 Å². The summed E-state index contributed by atoms with van der Waals surface area (Å²) < 4.78 is 5.19. The molecular weight excluding hydrogens is 144 g/mol. The van der Waals surface area contributed by atoms with E-state index in [0.717, 1.165) is 0 Å². The second kappa shape index (κ2) is 6.54. The van der Waals surface area contributed by atoms with Gasteiger partial charge in [-0.15, -0.1) is 0 Å². The predicted molar refractivity (Wildman–Crippen MR) is 44.4 cm³/mol. The largest absolute Gasteiger partial charge is 0.389 e. The molecule has 0 bridgehead atoms. The normalized spacial score (nSPS) is 16.4. The number of likely N-dealkylation sites (N-methyl/N-ethyl adjacent to an activating group) is 1. The number of hydrogen-bond donors (Lipinski definition) is 3. The lowest BCUT2D eigenvalue weighted by molar-refractivity contribution is 0.00337. The fourth-order valence-corrected chi connectivity index (χ4v) is 0.638. The summed E-state index contributed by atoms with van der Waals surface area (Å²) in [5, 5.41) is 12.0. The third-order valence-electron chi connectivity index (χ3n) is 1.34. The van der Waals surface area contributed by atoms with Gasteiger partial charge >= 0.3 is 0 Å². The summed E-state index contributed by atoms with van der Waals surface area (Å²) in [6.07, 6.45) is -0.407. The Balaban J connectivity index is 3.22. The number of hydrogen-bond acceptors (Lipinski definition) is 4. The van der Waals surface area contributed by atoms with Gasteiger partial charge in [0.2, 0.25) is 0 Å². The molecule has 0 aromatic carbocycles. The van der Waals surface area contributed by atoms with Crippen molar-refractivity contribution in [3.63, 3.8) is 0 Å². The van der Waals surface area contributed by atoms with E-state index >= 15 is 0 Å². The van der Waals surface area contributed by atoms with Gasteiger partial charge in [-0.2, -0.15) is 0 Å². The molecule has 0 saturated carbocycles. The second-order valence-electron chi connectivity index (χ2n) is 2.59. The van der Waals surface area contributed by atoms with Crippen LogP contribution in [0.2, 0.25) is 0 Å². The second-order valence-corrected chi connectivity index (χ2v) is 2.59. The maximum absolute atomic E-state index is 9.17. The van der Waals surface area contributed by atoms with Crippen LogP contribution in [0.5, 0.6) is 0 Å². The quantitative estimate of drug-likeness (QED) is 0.465. The Morgan fingerprint density at radius 1 is 1.64 bits per heavy atom. The molecule has 4 N–H and O–H groups in total. The van der Waals surface area contributed by atoms with Crippen LogP contribution in [0, 0.1) is 0 Å². The topological polar surface area (TPSA) is 67.5 Å². The average molecular weight is 162 g/mol. The zero-order valence-electron chi connectivity index (χ0n) is 7.21. The van der Waals surface area contributed by atoms with E-state index in [1.807, 2.05) is 6.92 Å². The van der Waals surface area contributed by atoms with Crippen molar-refractivity contribution in [3.8, 4) is 0 Å². The van der Waals surface area contributed by atoms with Gasteiger partial charge in [-0.25, -0.2) is 0 Å². The molecule has 0 aromatic rings. The lowest BCUT2D eigenvalue weighted by Crippen LogP contribution is -2.31. The Hall–Kier alpha value is -0.160. The Labute approximate surface area is 67.7 Å². The number of aliphatic hydroxyl groups excluding tert-OH is 1. The Morgan fingerprint density at radius 2 is 2.27 bits per heavy atom. The maximum Gasteiger partial charge on any atom is 0.0897 e. The van der Waals surface area contributed by atoms with Crippen LogP contribution in [0.25, 0.3) is 0 Å². The highest BCUT2D eigenvalue weighted by Crippen LogP contribution is 1.89. The molecule has 0 aliphatic heterocycles. The van der Waals surface area contributed by atoms with E-state index in [4.69, 9.17) is 15.6 Å². The summed E-state index contributed by atoms with van der Waals surface area (Å²) in [6, 6.07) is 0. The van der Waals surface area contributed by atoms with Gasteiger partial charge in [-0.3, -0.25) is 0 Å². The molecule has 0 heterocycles. The first-order valence-corrected chi connectivity index (χ1v) is 3.85. The minimum Gasteiger partial charge on any atom is -0.389 e. The first kappa shape index (κ1) is 10.8. The number of nitrogens with two attached hydrogens (primary N) is 1. The van der Waals surface area contributed by atoms with Crippen LogP contribution in [0.15, 0.2) is 0 Å². The summed E-state index contributed by atoms with van der Waals surface area (Å²) in [6.45, 7) is 3.27. The van der Waals surface area contributed by atoms with E-state index in [1.54, 1.807) is 7.05 Å². The Bertz CT molecular complexity index is 90.5. The smallest absolute Gasteiger partial charge is 0.0897 e. The van der Waals surface area contributed by atoms with Crippen LogP contribution < -0.4 is 11.1 Å². The van der Waals surface area contributed by atoms with Gasteiger partial charge in [-0.05, 0) is 14.0 Å². The lowest BCUT2D eigenvalue weighted by Gasteiger charge is -2.14. The van der Waals surface area contributed by atoms with Crippen LogP contribution in [0.3, 0.4) is 0 Å². The van der Waals surface area contributed by atoms with E-state index in [-0.39, 0.29) is 6.10 Å². The molecule has 2 atom stereocenters. The fourth-order valence-electron chi connectivity index (χ4n) is 0.638. The maximum atomic E-state index is 9.17.